The van der Waals surface area contributed by atoms with Gasteiger partial charge < -0.3 is 14.9 Å². The van der Waals surface area contributed by atoms with E-state index in [9.17, 15) is 17.7 Å². The molecule has 1 amide bonds. The summed E-state index contributed by atoms with van der Waals surface area (Å²) in [5.41, 5.74) is 0.945. The summed E-state index contributed by atoms with van der Waals surface area (Å²) in [6, 6.07) is 12.1. The molecule has 1 aliphatic heterocycles. The zero-order valence-corrected chi connectivity index (χ0v) is 16.7. The lowest BCUT2D eigenvalue weighted by molar-refractivity contribution is 0.142. The zero-order chi connectivity index (χ0) is 21.0. The number of hydrogen-bond acceptors (Lipinski definition) is 5. The van der Waals surface area contributed by atoms with Crippen molar-refractivity contribution in [2.45, 2.75) is 4.90 Å². The first-order chi connectivity index (χ1) is 13.8. The Morgan fingerprint density at radius 3 is 2.38 bits per heavy atom. The SMILES string of the molecule is O=C(O)N1CCN(c2cccc(Cl)c2C=NN(F)S(=O)(=O)c2ccccc2)CC1. The fourth-order valence-corrected chi connectivity index (χ4v) is 3.98. The molecule has 1 N–H and O–H groups in total. The molecule has 3 rings (SSSR count). The van der Waals surface area contributed by atoms with E-state index in [0.29, 0.717) is 37.4 Å². The van der Waals surface area contributed by atoms with Crippen LogP contribution < -0.4 is 4.90 Å². The molecule has 29 heavy (non-hydrogen) atoms. The summed E-state index contributed by atoms with van der Waals surface area (Å²) >= 11 is 6.23. The summed E-state index contributed by atoms with van der Waals surface area (Å²) in [5.74, 6) is 0. The Labute approximate surface area is 172 Å². The molecular weight excluding hydrogens is 423 g/mol. The number of benzene rings is 2. The van der Waals surface area contributed by atoms with Crippen LogP contribution in [0.1, 0.15) is 5.56 Å². The monoisotopic (exact) mass is 440 g/mol. The first kappa shape index (κ1) is 20.9. The van der Waals surface area contributed by atoms with Crippen LogP contribution in [0.5, 0.6) is 0 Å². The van der Waals surface area contributed by atoms with E-state index in [0.717, 1.165) is 6.21 Å². The van der Waals surface area contributed by atoms with Gasteiger partial charge in [-0.15, -0.1) is 5.10 Å². The van der Waals surface area contributed by atoms with E-state index < -0.39 is 20.8 Å². The molecule has 8 nitrogen and oxygen atoms in total. The minimum absolute atomic E-state index is 0.233. The fraction of sp³-hybridized carbons (Fsp3) is 0.222. The predicted molar refractivity (Wildman–Crippen MR) is 107 cm³/mol. The van der Waals surface area contributed by atoms with Gasteiger partial charge in [0, 0.05) is 37.4 Å². The maximum atomic E-state index is 14.3. The van der Waals surface area contributed by atoms with Crippen molar-refractivity contribution in [2.24, 2.45) is 5.10 Å². The molecule has 0 radical (unpaired) electrons. The first-order valence-electron chi connectivity index (χ1n) is 8.62. The lowest BCUT2D eigenvalue weighted by atomic mass is 10.1. The topological polar surface area (TPSA) is 93.5 Å². The highest BCUT2D eigenvalue weighted by Gasteiger charge is 2.24. The van der Waals surface area contributed by atoms with Crippen LogP contribution in [0, 0.1) is 0 Å². The molecule has 1 fully saturated rings. The number of halogens is 2. The van der Waals surface area contributed by atoms with E-state index in [4.69, 9.17) is 16.7 Å². The lowest BCUT2D eigenvalue weighted by Crippen LogP contribution is -2.48. The molecule has 1 saturated heterocycles. The number of hydrogen-bond donors (Lipinski definition) is 1. The van der Waals surface area contributed by atoms with Crippen LogP contribution in [0.3, 0.4) is 0 Å². The molecule has 0 aliphatic carbocycles. The molecular formula is C18H18ClFN4O4S. The third kappa shape index (κ3) is 4.60. The fourth-order valence-electron chi connectivity index (χ4n) is 2.91. The van der Waals surface area contributed by atoms with Gasteiger partial charge in [-0.2, -0.15) is 8.42 Å². The molecule has 2 aromatic rings. The smallest absolute Gasteiger partial charge is 0.407 e. The van der Waals surface area contributed by atoms with Crippen LogP contribution in [0.2, 0.25) is 5.02 Å². The average Bonchev–Trinajstić information content (AvgIpc) is 2.73. The van der Waals surface area contributed by atoms with Crippen molar-refractivity contribution in [3.05, 3.63) is 59.1 Å². The Morgan fingerprint density at radius 2 is 1.76 bits per heavy atom. The van der Waals surface area contributed by atoms with Crippen molar-refractivity contribution >= 4 is 39.6 Å². The standard InChI is InChI=1S/C18H18ClFN4O4S/c19-16-7-4-8-17(22-9-11-23(12-10-22)18(25)26)15(16)13-21-24(20)29(27,28)14-5-2-1-3-6-14/h1-8,13H,9-12H2,(H,25,26). The van der Waals surface area contributed by atoms with Crippen molar-refractivity contribution in [2.75, 3.05) is 31.1 Å². The van der Waals surface area contributed by atoms with Crippen molar-refractivity contribution < 1.29 is 22.8 Å². The maximum absolute atomic E-state index is 14.3. The highest BCUT2D eigenvalue weighted by atomic mass is 35.5. The molecule has 154 valence electrons. The first-order valence-corrected chi connectivity index (χ1v) is 10.4. The highest BCUT2D eigenvalue weighted by Crippen LogP contribution is 2.27. The van der Waals surface area contributed by atoms with E-state index >= 15 is 0 Å². The van der Waals surface area contributed by atoms with Crippen LogP contribution in [0.4, 0.5) is 15.0 Å². The van der Waals surface area contributed by atoms with Gasteiger partial charge in [-0.1, -0.05) is 40.3 Å². The predicted octanol–water partition coefficient (Wildman–Crippen LogP) is 3.05. The van der Waals surface area contributed by atoms with Crippen LogP contribution in [0.15, 0.2) is 58.5 Å². The second-order valence-electron chi connectivity index (χ2n) is 6.19. The van der Waals surface area contributed by atoms with Crippen molar-refractivity contribution in [3.8, 4) is 0 Å². The summed E-state index contributed by atoms with van der Waals surface area (Å²) in [4.78, 5) is 14.0. The van der Waals surface area contributed by atoms with Crippen molar-refractivity contribution in [3.63, 3.8) is 0 Å². The largest absolute Gasteiger partial charge is 0.465 e. The van der Waals surface area contributed by atoms with E-state index in [2.05, 4.69) is 5.10 Å². The van der Waals surface area contributed by atoms with Crippen LogP contribution in [-0.2, 0) is 10.0 Å². The summed E-state index contributed by atoms with van der Waals surface area (Å²) in [7, 11) is -4.44. The average molecular weight is 441 g/mol. The molecule has 11 heteroatoms. The molecule has 1 heterocycles. The maximum Gasteiger partial charge on any atom is 0.407 e. The molecule has 0 spiro atoms. The third-order valence-corrected chi connectivity index (χ3v) is 6.13. The Bertz CT molecular complexity index is 1010. The number of amides is 1. The van der Waals surface area contributed by atoms with E-state index in [1.807, 2.05) is 4.90 Å². The van der Waals surface area contributed by atoms with E-state index in [1.165, 1.54) is 29.2 Å². The third-order valence-electron chi connectivity index (χ3n) is 4.44. The van der Waals surface area contributed by atoms with Crippen molar-refractivity contribution in [1.82, 2.24) is 9.54 Å². The van der Waals surface area contributed by atoms with Gasteiger partial charge in [-0.3, -0.25) is 0 Å². The molecule has 0 bridgehead atoms. The van der Waals surface area contributed by atoms with Crippen LogP contribution in [0.25, 0.3) is 0 Å². The summed E-state index contributed by atoms with van der Waals surface area (Å²) in [6.45, 7) is 1.43. The Balaban J connectivity index is 1.83. The Hall–Kier alpha value is -2.85. The summed E-state index contributed by atoms with van der Waals surface area (Å²) < 4.78 is 38.2. The van der Waals surface area contributed by atoms with Gasteiger partial charge in [0.05, 0.1) is 16.1 Å². The zero-order valence-electron chi connectivity index (χ0n) is 15.1. The highest BCUT2D eigenvalue weighted by molar-refractivity contribution is 7.89. The Kier molecular flexibility index (Phi) is 6.23. The molecule has 0 saturated carbocycles. The second-order valence-corrected chi connectivity index (χ2v) is 8.32. The second kappa shape index (κ2) is 8.66. The summed E-state index contributed by atoms with van der Waals surface area (Å²) in [6.07, 6.45) is 0.0542. The van der Waals surface area contributed by atoms with E-state index in [-0.39, 0.29) is 9.92 Å². The van der Waals surface area contributed by atoms with Crippen LogP contribution >= 0.6 is 11.6 Å². The normalized spacial score (nSPS) is 15.0. The molecule has 0 unspecified atom stereocenters. The molecule has 0 aromatic heterocycles. The summed E-state index contributed by atoms with van der Waals surface area (Å²) in [5, 5.41) is 12.8. The van der Waals surface area contributed by atoms with Crippen LogP contribution in [-0.4, -0.2) is 61.5 Å². The van der Waals surface area contributed by atoms with Gasteiger partial charge >= 0.3 is 16.1 Å². The number of carboxylic acid groups (broad SMARTS) is 1. The minimum atomic E-state index is -4.44. The Morgan fingerprint density at radius 1 is 1.10 bits per heavy atom. The number of nitrogens with zero attached hydrogens (tertiary/aromatic N) is 4. The number of sulfonamides is 1. The molecule has 2 aromatic carbocycles. The van der Waals surface area contributed by atoms with E-state index in [1.54, 1.807) is 24.3 Å². The quantitative estimate of drug-likeness (QED) is 0.438. The van der Waals surface area contributed by atoms with Gasteiger partial charge in [-0.05, 0) is 28.9 Å². The van der Waals surface area contributed by atoms with Gasteiger partial charge in [0.1, 0.15) is 0 Å². The minimum Gasteiger partial charge on any atom is -0.465 e. The number of anilines is 1. The van der Waals surface area contributed by atoms with Gasteiger partial charge in [-0.25, -0.2) is 4.79 Å². The number of hydrazone groups is 1. The number of carbonyl (C=O) groups is 1. The van der Waals surface area contributed by atoms with Gasteiger partial charge in [0.2, 0.25) is 0 Å². The van der Waals surface area contributed by atoms with Gasteiger partial charge in [0.25, 0.3) is 0 Å². The number of rotatable bonds is 5. The molecule has 0 atom stereocenters. The molecule has 1 aliphatic rings. The van der Waals surface area contributed by atoms with Gasteiger partial charge in [0.15, 0.2) is 0 Å². The lowest BCUT2D eigenvalue weighted by Gasteiger charge is -2.35. The van der Waals surface area contributed by atoms with Crippen molar-refractivity contribution in [1.29, 1.82) is 0 Å². The number of piperazine rings is 1.